The quantitative estimate of drug-likeness (QED) is 0.797. The first-order valence-electron chi connectivity index (χ1n) is 7.63. The van der Waals surface area contributed by atoms with Gasteiger partial charge in [-0.1, -0.05) is 19.8 Å². The van der Waals surface area contributed by atoms with E-state index in [1.165, 1.54) is 57.8 Å². The highest BCUT2D eigenvalue weighted by Gasteiger charge is 2.24. The Kier molecular flexibility index (Phi) is 5.30. The van der Waals surface area contributed by atoms with E-state index in [0.29, 0.717) is 12.1 Å². The van der Waals surface area contributed by atoms with Crippen LogP contribution in [0.2, 0.25) is 0 Å². The maximum atomic E-state index is 6.35. The Morgan fingerprint density at radius 3 is 2.82 bits per heavy atom. The van der Waals surface area contributed by atoms with E-state index in [-0.39, 0.29) is 0 Å². The molecule has 17 heavy (non-hydrogen) atoms. The van der Waals surface area contributed by atoms with Crippen molar-refractivity contribution in [3.63, 3.8) is 0 Å². The highest BCUT2D eigenvalue weighted by atomic mass is 16.5. The van der Waals surface area contributed by atoms with E-state index in [2.05, 4.69) is 6.92 Å². The number of hydrogen-bond acceptors (Lipinski definition) is 2. The summed E-state index contributed by atoms with van der Waals surface area (Å²) >= 11 is 0. The summed E-state index contributed by atoms with van der Waals surface area (Å²) in [6.07, 6.45) is 12.3. The van der Waals surface area contributed by atoms with Crippen molar-refractivity contribution in [2.75, 3.05) is 6.61 Å². The van der Waals surface area contributed by atoms with Gasteiger partial charge in [-0.05, 0) is 56.8 Å². The van der Waals surface area contributed by atoms with Crippen LogP contribution in [0, 0.1) is 11.8 Å². The molecule has 2 nitrogen and oxygen atoms in total. The van der Waals surface area contributed by atoms with Gasteiger partial charge >= 0.3 is 0 Å². The molecule has 1 heterocycles. The van der Waals surface area contributed by atoms with Crippen LogP contribution < -0.4 is 5.73 Å². The van der Waals surface area contributed by atoms with Crippen LogP contribution in [-0.2, 0) is 4.74 Å². The monoisotopic (exact) mass is 239 g/mol. The molecule has 0 aromatic carbocycles. The summed E-state index contributed by atoms with van der Waals surface area (Å²) in [4.78, 5) is 0. The molecule has 2 heteroatoms. The van der Waals surface area contributed by atoms with Crippen molar-refractivity contribution in [3.8, 4) is 0 Å². The largest absolute Gasteiger partial charge is 0.378 e. The van der Waals surface area contributed by atoms with Gasteiger partial charge in [0.2, 0.25) is 0 Å². The maximum absolute atomic E-state index is 6.35. The molecule has 2 N–H and O–H groups in total. The lowest BCUT2D eigenvalue weighted by atomic mass is 9.77. The minimum Gasteiger partial charge on any atom is -0.378 e. The third kappa shape index (κ3) is 4.26. The molecule has 2 rings (SSSR count). The zero-order valence-electron chi connectivity index (χ0n) is 11.4. The molecule has 0 spiro atoms. The number of hydrogen-bond donors (Lipinski definition) is 1. The van der Waals surface area contributed by atoms with Crippen LogP contribution in [-0.4, -0.2) is 18.8 Å². The molecular weight excluding hydrogens is 210 g/mol. The molecule has 1 aliphatic carbocycles. The Morgan fingerprint density at radius 1 is 1.24 bits per heavy atom. The zero-order valence-corrected chi connectivity index (χ0v) is 11.4. The predicted octanol–water partition coefficient (Wildman–Crippen LogP) is 3.49. The van der Waals surface area contributed by atoms with Crippen molar-refractivity contribution in [2.45, 2.75) is 76.9 Å². The molecule has 0 aromatic rings. The van der Waals surface area contributed by atoms with Gasteiger partial charge in [-0.25, -0.2) is 0 Å². The molecule has 1 aliphatic heterocycles. The first-order valence-corrected chi connectivity index (χ1v) is 7.63. The molecule has 1 saturated heterocycles. The summed E-state index contributed by atoms with van der Waals surface area (Å²) < 4.78 is 5.66. The summed E-state index contributed by atoms with van der Waals surface area (Å²) in [7, 11) is 0. The van der Waals surface area contributed by atoms with Crippen LogP contribution in [0.5, 0.6) is 0 Å². The fraction of sp³-hybridized carbons (Fsp3) is 1.00. The van der Waals surface area contributed by atoms with Gasteiger partial charge in [0.1, 0.15) is 0 Å². The van der Waals surface area contributed by atoms with Gasteiger partial charge < -0.3 is 10.5 Å². The van der Waals surface area contributed by atoms with Crippen LogP contribution in [0.1, 0.15) is 64.7 Å². The van der Waals surface area contributed by atoms with E-state index in [4.69, 9.17) is 10.5 Å². The van der Waals surface area contributed by atoms with Gasteiger partial charge in [0.15, 0.2) is 0 Å². The molecular formula is C15H29NO. The second kappa shape index (κ2) is 6.75. The average molecular weight is 239 g/mol. The van der Waals surface area contributed by atoms with Crippen LogP contribution in [0.3, 0.4) is 0 Å². The number of rotatable bonds is 5. The van der Waals surface area contributed by atoms with Crippen LogP contribution >= 0.6 is 0 Å². The molecule has 0 bridgehead atoms. The molecule has 2 fully saturated rings. The topological polar surface area (TPSA) is 35.2 Å². The highest BCUT2D eigenvalue weighted by Crippen LogP contribution is 2.31. The molecule has 4 atom stereocenters. The average Bonchev–Trinajstić information content (AvgIpc) is 2.82. The molecule has 0 aromatic heterocycles. The second-order valence-electron chi connectivity index (χ2n) is 6.26. The van der Waals surface area contributed by atoms with Crippen molar-refractivity contribution < 1.29 is 4.74 Å². The smallest absolute Gasteiger partial charge is 0.0576 e. The van der Waals surface area contributed by atoms with Crippen molar-refractivity contribution in [1.82, 2.24) is 0 Å². The lowest BCUT2D eigenvalue weighted by Gasteiger charge is -2.31. The fourth-order valence-corrected chi connectivity index (χ4v) is 3.56. The van der Waals surface area contributed by atoms with Crippen LogP contribution in [0.4, 0.5) is 0 Å². The summed E-state index contributed by atoms with van der Waals surface area (Å²) in [6.45, 7) is 3.36. The van der Waals surface area contributed by atoms with Gasteiger partial charge in [0, 0.05) is 12.6 Å². The molecule has 2 aliphatic rings. The Hall–Kier alpha value is -0.0800. The van der Waals surface area contributed by atoms with Crippen molar-refractivity contribution >= 4 is 0 Å². The molecule has 0 radical (unpaired) electrons. The molecule has 0 amide bonds. The predicted molar refractivity (Wildman–Crippen MR) is 71.9 cm³/mol. The van der Waals surface area contributed by atoms with Crippen molar-refractivity contribution in [2.24, 2.45) is 17.6 Å². The second-order valence-corrected chi connectivity index (χ2v) is 6.26. The van der Waals surface area contributed by atoms with Gasteiger partial charge in [-0.3, -0.25) is 0 Å². The Labute approximate surface area is 106 Å². The van der Waals surface area contributed by atoms with E-state index >= 15 is 0 Å². The lowest BCUT2D eigenvalue weighted by molar-refractivity contribution is 0.100. The van der Waals surface area contributed by atoms with E-state index < -0.39 is 0 Å². The fourth-order valence-electron chi connectivity index (χ4n) is 3.56. The van der Waals surface area contributed by atoms with Gasteiger partial charge in [-0.15, -0.1) is 0 Å². The lowest BCUT2D eigenvalue weighted by Crippen LogP contribution is -2.33. The van der Waals surface area contributed by atoms with Crippen molar-refractivity contribution in [3.05, 3.63) is 0 Å². The SMILES string of the molecule is CC1CCCC(C(N)CCCC2CCCO2)C1. The molecule has 1 saturated carbocycles. The van der Waals surface area contributed by atoms with E-state index in [9.17, 15) is 0 Å². The summed E-state index contributed by atoms with van der Waals surface area (Å²) in [6, 6.07) is 0.444. The van der Waals surface area contributed by atoms with E-state index in [0.717, 1.165) is 18.4 Å². The Bertz CT molecular complexity index is 213. The maximum Gasteiger partial charge on any atom is 0.0576 e. The summed E-state index contributed by atoms with van der Waals surface area (Å²) in [5.74, 6) is 1.70. The van der Waals surface area contributed by atoms with Crippen LogP contribution in [0.25, 0.3) is 0 Å². The van der Waals surface area contributed by atoms with Gasteiger partial charge in [0.25, 0.3) is 0 Å². The third-order valence-corrected chi connectivity index (χ3v) is 4.67. The Morgan fingerprint density at radius 2 is 2.12 bits per heavy atom. The highest BCUT2D eigenvalue weighted by molar-refractivity contribution is 4.79. The first-order chi connectivity index (χ1) is 8.25. The number of ether oxygens (including phenoxy) is 1. The normalized spacial score (nSPS) is 36.0. The minimum atomic E-state index is 0.444. The van der Waals surface area contributed by atoms with Crippen LogP contribution in [0.15, 0.2) is 0 Å². The summed E-state index contributed by atoms with van der Waals surface area (Å²) in [5, 5.41) is 0. The van der Waals surface area contributed by atoms with Gasteiger partial charge in [0.05, 0.1) is 6.10 Å². The standard InChI is InChI=1S/C15H29NO/c1-12-5-2-6-13(11-12)15(16)9-3-7-14-8-4-10-17-14/h12-15H,2-11,16H2,1H3. The number of nitrogens with two attached hydrogens (primary N) is 1. The summed E-state index contributed by atoms with van der Waals surface area (Å²) in [5.41, 5.74) is 6.35. The minimum absolute atomic E-state index is 0.444. The van der Waals surface area contributed by atoms with E-state index in [1.807, 2.05) is 0 Å². The van der Waals surface area contributed by atoms with Gasteiger partial charge in [-0.2, -0.15) is 0 Å². The molecule has 100 valence electrons. The third-order valence-electron chi connectivity index (χ3n) is 4.67. The Balaban J connectivity index is 1.60. The zero-order chi connectivity index (χ0) is 12.1. The molecule has 4 unspecified atom stereocenters. The first kappa shape index (κ1) is 13.4. The van der Waals surface area contributed by atoms with Crippen molar-refractivity contribution in [1.29, 1.82) is 0 Å². The van der Waals surface area contributed by atoms with E-state index in [1.54, 1.807) is 0 Å².